The van der Waals surface area contributed by atoms with Crippen LogP contribution >= 0.6 is 0 Å². The van der Waals surface area contributed by atoms with Crippen LogP contribution < -0.4 is 15.4 Å². The predicted octanol–water partition coefficient (Wildman–Crippen LogP) is 2.30. The molecule has 7 nitrogen and oxygen atoms in total. The Morgan fingerprint density at radius 3 is 2.19 bits per heavy atom. The fourth-order valence-corrected chi connectivity index (χ4v) is 3.45. The summed E-state index contributed by atoms with van der Waals surface area (Å²) >= 11 is 0. The van der Waals surface area contributed by atoms with E-state index < -0.39 is 33.2 Å². The molecule has 0 unspecified atom stereocenters. The van der Waals surface area contributed by atoms with Gasteiger partial charge in [0.05, 0.1) is 12.8 Å². The summed E-state index contributed by atoms with van der Waals surface area (Å²) in [6.07, 6.45) is 0. The molecule has 0 saturated heterocycles. The summed E-state index contributed by atoms with van der Waals surface area (Å²) in [5.41, 5.74) is 2.91. The SMILES string of the molecule is COc1ccccc1NC(=O)CS(=O)(=O)CC(=O)Nc1ccc(C)c(C)c1. The van der Waals surface area contributed by atoms with Crippen LogP contribution in [-0.4, -0.2) is 38.8 Å². The van der Waals surface area contributed by atoms with Gasteiger partial charge in [0.2, 0.25) is 11.8 Å². The lowest BCUT2D eigenvalue weighted by atomic mass is 10.1. The largest absolute Gasteiger partial charge is 0.495 e. The molecule has 0 radical (unpaired) electrons. The van der Waals surface area contributed by atoms with Gasteiger partial charge in [-0.3, -0.25) is 9.59 Å². The van der Waals surface area contributed by atoms with Gasteiger partial charge in [0.15, 0.2) is 9.84 Å². The molecular weight excluding hydrogens is 368 g/mol. The number of hydrogen-bond acceptors (Lipinski definition) is 5. The lowest BCUT2D eigenvalue weighted by Gasteiger charge is -2.10. The Morgan fingerprint density at radius 2 is 1.56 bits per heavy atom. The molecule has 0 heterocycles. The topological polar surface area (TPSA) is 102 Å². The van der Waals surface area contributed by atoms with Crippen molar-refractivity contribution >= 4 is 33.0 Å². The molecule has 8 heteroatoms. The molecule has 144 valence electrons. The van der Waals surface area contributed by atoms with Gasteiger partial charge in [-0.15, -0.1) is 0 Å². The number of carbonyl (C=O) groups is 2. The van der Waals surface area contributed by atoms with Gasteiger partial charge in [-0.05, 0) is 49.2 Å². The summed E-state index contributed by atoms with van der Waals surface area (Å²) in [6.45, 7) is 3.83. The minimum atomic E-state index is -3.92. The zero-order chi connectivity index (χ0) is 20.0. The van der Waals surface area contributed by atoms with E-state index in [9.17, 15) is 18.0 Å². The molecule has 0 aliphatic heterocycles. The van der Waals surface area contributed by atoms with E-state index >= 15 is 0 Å². The Hall–Kier alpha value is -2.87. The highest BCUT2D eigenvalue weighted by Crippen LogP contribution is 2.23. The van der Waals surface area contributed by atoms with E-state index in [2.05, 4.69) is 10.6 Å². The van der Waals surface area contributed by atoms with Gasteiger partial charge in [0.1, 0.15) is 17.3 Å². The second-order valence-corrected chi connectivity index (χ2v) is 8.19. The number of aryl methyl sites for hydroxylation is 2. The molecule has 0 atom stereocenters. The quantitative estimate of drug-likeness (QED) is 0.755. The molecule has 2 N–H and O–H groups in total. The summed E-state index contributed by atoms with van der Waals surface area (Å²) in [5, 5.41) is 5.02. The first-order chi connectivity index (χ1) is 12.7. The smallest absolute Gasteiger partial charge is 0.239 e. The van der Waals surface area contributed by atoms with E-state index in [0.717, 1.165) is 11.1 Å². The number of methoxy groups -OCH3 is 1. The van der Waals surface area contributed by atoms with Gasteiger partial charge in [0.25, 0.3) is 0 Å². The Labute approximate surface area is 158 Å². The Morgan fingerprint density at radius 1 is 0.926 bits per heavy atom. The second-order valence-electron chi connectivity index (χ2n) is 6.13. The highest BCUT2D eigenvalue weighted by Gasteiger charge is 2.21. The minimum Gasteiger partial charge on any atom is -0.495 e. The molecular formula is C19H22N2O5S. The standard InChI is InChI=1S/C19H22N2O5S/c1-13-8-9-15(10-14(13)2)20-18(22)11-27(24,25)12-19(23)21-16-6-4-5-7-17(16)26-3/h4-10H,11-12H2,1-3H3,(H,20,22)(H,21,23). The van der Waals surface area contributed by atoms with E-state index in [-0.39, 0.29) is 0 Å². The summed E-state index contributed by atoms with van der Waals surface area (Å²) < 4.78 is 29.4. The summed E-state index contributed by atoms with van der Waals surface area (Å²) in [4.78, 5) is 24.1. The molecule has 0 aliphatic rings. The van der Waals surface area contributed by atoms with Gasteiger partial charge in [-0.1, -0.05) is 18.2 Å². The lowest BCUT2D eigenvalue weighted by molar-refractivity contribution is -0.114. The van der Waals surface area contributed by atoms with Crippen LogP contribution in [0.3, 0.4) is 0 Å². The third-order valence-corrected chi connectivity index (χ3v) is 5.28. The van der Waals surface area contributed by atoms with Crippen LogP contribution in [0.4, 0.5) is 11.4 Å². The van der Waals surface area contributed by atoms with E-state index in [1.54, 1.807) is 36.4 Å². The fraction of sp³-hybridized carbons (Fsp3) is 0.263. The predicted molar refractivity (Wildman–Crippen MR) is 105 cm³/mol. The van der Waals surface area contributed by atoms with Gasteiger partial charge in [-0.2, -0.15) is 0 Å². The van der Waals surface area contributed by atoms with Gasteiger partial charge < -0.3 is 15.4 Å². The highest BCUT2D eigenvalue weighted by atomic mass is 32.2. The van der Waals surface area contributed by atoms with Crippen molar-refractivity contribution in [2.24, 2.45) is 0 Å². The van der Waals surface area contributed by atoms with Gasteiger partial charge in [-0.25, -0.2) is 8.42 Å². The van der Waals surface area contributed by atoms with Gasteiger partial charge >= 0.3 is 0 Å². The van der Waals surface area contributed by atoms with E-state index in [1.807, 2.05) is 19.9 Å². The summed E-state index contributed by atoms with van der Waals surface area (Å²) in [7, 11) is -2.48. The summed E-state index contributed by atoms with van der Waals surface area (Å²) in [6, 6.07) is 11.9. The number of hydrogen-bond donors (Lipinski definition) is 2. The van der Waals surface area contributed by atoms with Crippen molar-refractivity contribution in [2.75, 3.05) is 29.2 Å². The molecule has 0 bridgehead atoms. The molecule has 0 fully saturated rings. The molecule has 2 aromatic rings. The van der Waals surface area contributed by atoms with Crippen molar-refractivity contribution in [1.82, 2.24) is 0 Å². The van der Waals surface area contributed by atoms with Crippen molar-refractivity contribution in [3.05, 3.63) is 53.6 Å². The molecule has 27 heavy (non-hydrogen) atoms. The van der Waals surface area contributed by atoms with Crippen LogP contribution in [0.1, 0.15) is 11.1 Å². The lowest BCUT2D eigenvalue weighted by Crippen LogP contribution is -2.30. The molecule has 0 aromatic heterocycles. The van der Waals surface area contributed by atoms with E-state index in [1.165, 1.54) is 7.11 Å². The zero-order valence-corrected chi connectivity index (χ0v) is 16.2. The molecule has 0 saturated carbocycles. The van der Waals surface area contributed by atoms with E-state index in [0.29, 0.717) is 17.1 Å². The monoisotopic (exact) mass is 390 g/mol. The Bertz CT molecular complexity index is 954. The van der Waals surface area contributed by atoms with Crippen molar-refractivity contribution in [2.45, 2.75) is 13.8 Å². The average Bonchev–Trinajstić information content (AvgIpc) is 2.57. The highest BCUT2D eigenvalue weighted by molar-refractivity contribution is 7.92. The number of nitrogens with one attached hydrogen (secondary N) is 2. The first-order valence-corrected chi connectivity index (χ1v) is 10.0. The summed E-state index contributed by atoms with van der Waals surface area (Å²) in [5.74, 6) is -2.59. The number of sulfone groups is 1. The molecule has 2 amide bonds. The zero-order valence-electron chi connectivity index (χ0n) is 15.4. The maximum atomic E-state index is 12.2. The number of rotatable bonds is 7. The molecule has 2 rings (SSSR count). The normalized spacial score (nSPS) is 10.9. The minimum absolute atomic E-state index is 0.361. The molecule has 0 spiro atoms. The first kappa shape index (κ1) is 20.4. The van der Waals surface area contributed by atoms with Crippen LogP contribution in [0.5, 0.6) is 5.75 Å². The third kappa shape index (κ3) is 6.10. The van der Waals surface area contributed by atoms with Crippen molar-refractivity contribution in [1.29, 1.82) is 0 Å². The third-order valence-electron chi connectivity index (χ3n) is 3.87. The van der Waals surface area contributed by atoms with Crippen LogP contribution in [0.25, 0.3) is 0 Å². The van der Waals surface area contributed by atoms with Crippen molar-refractivity contribution in [3.63, 3.8) is 0 Å². The maximum absolute atomic E-state index is 12.2. The number of carbonyl (C=O) groups excluding carboxylic acids is 2. The molecule has 2 aromatic carbocycles. The van der Waals surface area contributed by atoms with Crippen LogP contribution in [-0.2, 0) is 19.4 Å². The van der Waals surface area contributed by atoms with E-state index in [4.69, 9.17) is 4.74 Å². The van der Waals surface area contributed by atoms with Gasteiger partial charge in [0, 0.05) is 5.69 Å². The number of para-hydroxylation sites is 2. The number of benzene rings is 2. The number of ether oxygens (including phenoxy) is 1. The number of anilines is 2. The average molecular weight is 390 g/mol. The first-order valence-electron chi connectivity index (χ1n) is 8.20. The second kappa shape index (κ2) is 8.68. The number of amides is 2. The van der Waals surface area contributed by atoms with Crippen LogP contribution in [0, 0.1) is 13.8 Å². The van der Waals surface area contributed by atoms with Crippen molar-refractivity contribution < 1.29 is 22.7 Å². The fourth-order valence-electron chi connectivity index (χ4n) is 2.40. The van der Waals surface area contributed by atoms with Crippen LogP contribution in [0.2, 0.25) is 0 Å². The molecule has 0 aliphatic carbocycles. The maximum Gasteiger partial charge on any atom is 0.239 e. The van der Waals surface area contributed by atoms with Crippen molar-refractivity contribution in [3.8, 4) is 5.75 Å². The Balaban J connectivity index is 1.96. The Kier molecular flexibility index (Phi) is 6.57. The van der Waals surface area contributed by atoms with Crippen LogP contribution in [0.15, 0.2) is 42.5 Å².